The van der Waals surface area contributed by atoms with Crippen LogP contribution in [0, 0.1) is 0 Å². The Hall–Kier alpha value is -2.11. The van der Waals surface area contributed by atoms with E-state index < -0.39 is 0 Å². The standard InChI is InChI=1S/C15H22N4O2/c1-4-8-16-15(21)13-18-12(14(20)17-10(2)3)11-7-5-6-9-19(11)13/h4,10H,1,5-9H2,2-3H3,(H,16,21)(H,17,20). The maximum atomic E-state index is 12.2. The lowest BCUT2D eigenvalue weighted by molar-refractivity contribution is 0.0936. The molecule has 1 aliphatic heterocycles. The lowest BCUT2D eigenvalue weighted by atomic mass is 10.1. The molecule has 114 valence electrons. The third-order valence-electron chi connectivity index (χ3n) is 3.36. The number of carbonyl (C=O) groups is 2. The summed E-state index contributed by atoms with van der Waals surface area (Å²) in [7, 11) is 0. The Morgan fingerprint density at radius 2 is 2.14 bits per heavy atom. The molecule has 0 bridgehead atoms. The second-order valence-electron chi connectivity index (χ2n) is 5.47. The van der Waals surface area contributed by atoms with Crippen molar-refractivity contribution in [1.29, 1.82) is 0 Å². The zero-order valence-corrected chi connectivity index (χ0v) is 12.6. The van der Waals surface area contributed by atoms with E-state index in [4.69, 9.17) is 0 Å². The predicted octanol–water partition coefficient (Wildman–Crippen LogP) is 1.27. The fraction of sp³-hybridized carbons (Fsp3) is 0.533. The van der Waals surface area contributed by atoms with Crippen molar-refractivity contribution in [1.82, 2.24) is 20.2 Å². The van der Waals surface area contributed by atoms with Gasteiger partial charge in [-0.15, -0.1) is 6.58 Å². The van der Waals surface area contributed by atoms with Crippen LogP contribution in [0.3, 0.4) is 0 Å². The van der Waals surface area contributed by atoms with E-state index in [-0.39, 0.29) is 17.9 Å². The highest BCUT2D eigenvalue weighted by molar-refractivity contribution is 5.97. The summed E-state index contributed by atoms with van der Waals surface area (Å²) in [6, 6.07) is 0.0384. The molecule has 0 saturated carbocycles. The second-order valence-corrected chi connectivity index (χ2v) is 5.47. The summed E-state index contributed by atoms with van der Waals surface area (Å²) in [5.74, 6) is -0.152. The van der Waals surface area contributed by atoms with Crippen LogP contribution in [-0.4, -0.2) is 34.0 Å². The molecule has 2 amide bonds. The molecule has 1 aromatic heterocycles. The van der Waals surface area contributed by atoms with Gasteiger partial charge in [0.15, 0.2) is 5.82 Å². The molecular formula is C15H22N4O2. The van der Waals surface area contributed by atoms with E-state index in [1.165, 1.54) is 0 Å². The van der Waals surface area contributed by atoms with E-state index in [1.807, 2.05) is 18.4 Å². The van der Waals surface area contributed by atoms with Crippen molar-refractivity contribution in [2.45, 2.75) is 45.7 Å². The van der Waals surface area contributed by atoms with Crippen molar-refractivity contribution in [3.05, 3.63) is 29.9 Å². The summed E-state index contributed by atoms with van der Waals surface area (Å²) < 4.78 is 1.87. The van der Waals surface area contributed by atoms with Crippen LogP contribution in [-0.2, 0) is 13.0 Å². The second kappa shape index (κ2) is 6.56. The molecule has 0 aromatic carbocycles. The Morgan fingerprint density at radius 3 is 2.81 bits per heavy atom. The molecule has 0 saturated heterocycles. The zero-order valence-electron chi connectivity index (χ0n) is 12.6. The zero-order chi connectivity index (χ0) is 15.4. The average molecular weight is 290 g/mol. The summed E-state index contributed by atoms with van der Waals surface area (Å²) in [5, 5.41) is 5.56. The molecule has 0 fully saturated rings. The van der Waals surface area contributed by atoms with E-state index in [9.17, 15) is 9.59 Å². The minimum absolute atomic E-state index is 0.0384. The van der Waals surface area contributed by atoms with Gasteiger partial charge >= 0.3 is 0 Å². The molecule has 0 aliphatic carbocycles. The smallest absolute Gasteiger partial charge is 0.287 e. The normalized spacial score (nSPS) is 13.7. The summed E-state index contributed by atoms with van der Waals surface area (Å²) >= 11 is 0. The van der Waals surface area contributed by atoms with Crippen LogP contribution >= 0.6 is 0 Å². The summed E-state index contributed by atoms with van der Waals surface area (Å²) in [6.07, 6.45) is 4.41. The molecule has 0 atom stereocenters. The largest absolute Gasteiger partial charge is 0.348 e. The number of amides is 2. The highest BCUT2D eigenvalue weighted by atomic mass is 16.2. The monoisotopic (exact) mass is 290 g/mol. The topological polar surface area (TPSA) is 76.0 Å². The number of carbonyl (C=O) groups excluding carboxylic acids is 2. The number of imidazole rings is 1. The third-order valence-corrected chi connectivity index (χ3v) is 3.36. The van der Waals surface area contributed by atoms with Crippen LogP contribution in [0.4, 0.5) is 0 Å². The third kappa shape index (κ3) is 3.32. The number of rotatable bonds is 5. The van der Waals surface area contributed by atoms with Crippen molar-refractivity contribution in [3.63, 3.8) is 0 Å². The Bertz CT molecular complexity index is 560. The lowest BCUT2D eigenvalue weighted by Gasteiger charge is -2.17. The number of hydrogen-bond acceptors (Lipinski definition) is 3. The number of nitrogens with one attached hydrogen (secondary N) is 2. The SMILES string of the molecule is C=CCNC(=O)c1nc(C(=O)NC(C)C)c2n1CCCC2. The predicted molar refractivity (Wildman–Crippen MR) is 80.3 cm³/mol. The fourth-order valence-corrected chi connectivity index (χ4v) is 2.47. The molecule has 2 rings (SSSR count). The molecule has 0 radical (unpaired) electrons. The van der Waals surface area contributed by atoms with Crippen LogP contribution in [0.5, 0.6) is 0 Å². The fourth-order valence-electron chi connectivity index (χ4n) is 2.47. The maximum Gasteiger partial charge on any atom is 0.287 e. The van der Waals surface area contributed by atoms with Crippen molar-refractivity contribution in [2.75, 3.05) is 6.54 Å². The van der Waals surface area contributed by atoms with Crippen LogP contribution in [0.15, 0.2) is 12.7 Å². The highest BCUT2D eigenvalue weighted by Crippen LogP contribution is 2.21. The first kappa shape index (κ1) is 15.3. The maximum absolute atomic E-state index is 12.2. The first-order valence-electron chi connectivity index (χ1n) is 7.34. The van der Waals surface area contributed by atoms with Gasteiger partial charge in [-0.3, -0.25) is 9.59 Å². The quantitative estimate of drug-likeness (QED) is 0.802. The minimum atomic E-state index is -0.262. The van der Waals surface area contributed by atoms with E-state index in [2.05, 4.69) is 22.2 Å². The van der Waals surface area contributed by atoms with Gasteiger partial charge in [0, 0.05) is 19.1 Å². The molecule has 1 aliphatic rings. The van der Waals surface area contributed by atoms with Gasteiger partial charge in [-0.05, 0) is 33.1 Å². The molecule has 0 spiro atoms. The number of nitrogens with zero attached hydrogens (tertiary/aromatic N) is 2. The van der Waals surface area contributed by atoms with Gasteiger partial charge in [-0.1, -0.05) is 6.08 Å². The minimum Gasteiger partial charge on any atom is -0.348 e. The van der Waals surface area contributed by atoms with Crippen molar-refractivity contribution < 1.29 is 9.59 Å². The Balaban J connectivity index is 2.34. The average Bonchev–Trinajstić information content (AvgIpc) is 2.84. The molecule has 6 nitrogen and oxygen atoms in total. The van der Waals surface area contributed by atoms with E-state index in [1.54, 1.807) is 6.08 Å². The first-order chi connectivity index (χ1) is 10.0. The van der Waals surface area contributed by atoms with Gasteiger partial charge in [0.1, 0.15) is 5.69 Å². The van der Waals surface area contributed by atoms with Crippen LogP contribution < -0.4 is 10.6 Å². The molecule has 1 aromatic rings. The van der Waals surface area contributed by atoms with E-state index in [0.29, 0.717) is 18.1 Å². The van der Waals surface area contributed by atoms with Crippen molar-refractivity contribution in [3.8, 4) is 0 Å². The van der Waals surface area contributed by atoms with Gasteiger partial charge in [-0.2, -0.15) is 0 Å². The van der Waals surface area contributed by atoms with Crippen molar-refractivity contribution >= 4 is 11.8 Å². The molecule has 0 unspecified atom stereocenters. The Kier molecular flexibility index (Phi) is 4.77. The Morgan fingerprint density at radius 1 is 1.38 bits per heavy atom. The number of hydrogen-bond donors (Lipinski definition) is 2. The van der Waals surface area contributed by atoms with Gasteiger partial charge in [0.05, 0.1) is 5.69 Å². The van der Waals surface area contributed by atoms with Crippen LogP contribution in [0.2, 0.25) is 0 Å². The summed E-state index contributed by atoms with van der Waals surface area (Å²) in [4.78, 5) is 28.7. The Labute approximate surface area is 124 Å². The highest BCUT2D eigenvalue weighted by Gasteiger charge is 2.27. The number of aromatic nitrogens is 2. The van der Waals surface area contributed by atoms with Crippen molar-refractivity contribution in [2.24, 2.45) is 0 Å². The van der Waals surface area contributed by atoms with Gasteiger partial charge < -0.3 is 15.2 Å². The first-order valence-corrected chi connectivity index (χ1v) is 7.34. The van der Waals surface area contributed by atoms with E-state index >= 15 is 0 Å². The molecule has 2 heterocycles. The molecule has 6 heteroatoms. The molecule has 2 N–H and O–H groups in total. The van der Waals surface area contributed by atoms with Gasteiger partial charge in [0.25, 0.3) is 11.8 Å². The van der Waals surface area contributed by atoms with Crippen LogP contribution in [0.25, 0.3) is 0 Å². The van der Waals surface area contributed by atoms with E-state index in [0.717, 1.165) is 31.5 Å². The lowest BCUT2D eigenvalue weighted by Crippen LogP contribution is -2.31. The van der Waals surface area contributed by atoms with Gasteiger partial charge in [-0.25, -0.2) is 4.98 Å². The summed E-state index contributed by atoms with van der Waals surface area (Å²) in [6.45, 7) is 8.49. The summed E-state index contributed by atoms with van der Waals surface area (Å²) in [5.41, 5.74) is 1.25. The molecule has 21 heavy (non-hydrogen) atoms. The van der Waals surface area contributed by atoms with Gasteiger partial charge in [0.2, 0.25) is 0 Å². The molecular weight excluding hydrogens is 268 g/mol. The van der Waals surface area contributed by atoms with Crippen LogP contribution in [0.1, 0.15) is 53.5 Å². The number of fused-ring (bicyclic) bond motifs is 1.